The molecule has 3 heteroatoms. The van der Waals surface area contributed by atoms with Crippen LogP contribution in [0.1, 0.15) is 18.9 Å². The third-order valence-electron chi connectivity index (χ3n) is 1.95. The highest BCUT2D eigenvalue weighted by molar-refractivity contribution is 5.56. The molecule has 1 unspecified atom stereocenters. The maximum atomic E-state index is 10.5. The van der Waals surface area contributed by atoms with E-state index in [1.165, 1.54) is 0 Å². The maximum absolute atomic E-state index is 10.5. The van der Waals surface area contributed by atoms with E-state index >= 15 is 0 Å². The molecule has 0 saturated carbocycles. The number of aliphatic hydroxyl groups excluding tert-OH is 1. The van der Waals surface area contributed by atoms with Gasteiger partial charge in [0.2, 0.25) is 0 Å². The Kier molecular flexibility index (Phi) is 4.13. The second-order valence-electron chi connectivity index (χ2n) is 3.00. The number of aldehydes is 1. The topological polar surface area (TPSA) is 46.5 Å². The molecule has 0 aliphatic rings. The minimum absolute atomic E-state index is 0.0190. The summed E-state index contributed by atoms with van der Waals surface area (Å²) in [6.45, 7) is 1.91. The van der Waals surface area contributed by atoms with Crippen LogP contribution in [0.2, 0.25) is 0 Å². The van der Waals surface area contributed by atoms with Crippen molar-refractivity contribution < 1.29 is 14.6 Å². The average molecular weight is 194 g/mol. The van der Waals surface area contributed by atoms with Gasteiger partial charge in [0.15, 0.2) is 12.4 Å². The van der Waals surface area contributed by atoms with Crippen molar-refractivity contribution in [2.75, 3.05) is 0 Å². The van der Waals surface area contributed by atoms with Gasteiger partial charge < -0.3 is 9.84 Å². The number of carbonyl (C=O) groups is 1. The van der Waals surface area contributed by atoms with Crippen molar-refractivity contribution in [3.05, 3.63) is 29.8 Å². The van der Waals surface area contributed by atoms with Crippen LogP contribution >= 0.6 is 0 Å². The zero-order valence-corrected chi connectivity index (χ0v) is 8.14. The maximum Gasteiger partial charge on any atom is 0.160 e. The van der Waals surface area contributed by atoms with Gasteiger partial charge in [0.25, 0.3) is 0 Å². The lowest BCUT2D eigenvalue weighted by atomic mass is 10.2. The Hall–Kier alpha value is -1.35. The second kappa shape index (κ2) is 5.40. The molecule has 0 aliphatic heterocycles. The van der Waals surface area contributed by atoms with Crippen LogP contribution in [0.4, 0.5) is 0 Å². The molecule has 0 aliphatic carbocycles. The number of rotatable bonds is 5. The van der Waals surface area contributed by atoms with Crippen LogP contribution in [0.5, 0.6) is 5.75 Å². The lowest BCUT2D eigenvalue weighted by Crippen LogP contribution is -2.16. The molecule has 0 fully saturated rings. The fraction of sp³-hybridized carbons (Fsp3) is 0.364. The SMILES string of the molecule is CCC(C=O)Oc1ccc(CO)cc1. The van der Waals surface area contributed by atoms with Crippen molar-refractivity contribution in [3.63, 3.8) is 0 Å². The van der Waals surface area contributed by atoms with Gasteiger partial charge in [-0.05, 0) is 24.1 Å². The van der Waals surface area contributed by atoms with E-state index in [-0.39, 0.29) is 12.7 Å². The number of carbonyl (C=O) groups excluding carboxylic acids is 1. The largest absolute Gasteiger partial charge is 0.483 e. The Bertz CT molecular complexity index is 279. The van der Waals surface area contributed by atoms with E-state index < -0.39 is 0 Å². The molecule has 14 heavy (non-hydrogen) atoms. The Morgan fingerprint density at radius 2 is 2.07 bits per heavy atom. The summed E-state index contributed by atoms with van der Waals surface area (Å²) in [7, 11) is 0. The molecule has 1 N–H and O–H groups in total. The van der Waals surface area contributed by atoms with Gasteiger partial charge in [0.05, 0.1) is 6.61 Å². The van der Waals surface area contributed by atoms with Gasteiger partial charge in [-0.25, -0.2) is 0 Å². The third kappa shape index (κ3) is 2.85. The number of hydrogen-bond acceptors (Lipinski definition) is 3. The molecule has 3 nitrogen and oxygen atoms in total. The quantitative estimate of drug-likeness (QED) is 0.723. The summed E-state index contributed by atoms with van der Waals surface area (Å²) in [4.78, 5) is 10.5. The third-order valence-corrected chi connectivity index (χ3v) is 1.95. The minimum Gasteiger partial charge on any atom is -0.483 e. The van der Waals surface area contributed by atoms with E-state index in [9.17, 15) is 4.79 Å². The Balaban J connectivity index is 2.63. The van der Waals surface area contributed by atoms with Crippen LogP contribution in [0.25, 0.3) is 0 Å². The highest BCUT2D eigenvalue weighted by Crippen LogP contribution is 2.14. The van der Waals surface area contributed by atoms with Gasteiger partial charge in [0, 0.05) is 0 Å². The first kappa shape index (κ1) is 10.7. The number of aliphatic hydroxyl groups is 1. The molecule has 0 radical (unpaired) electrons. The highest BCUT2D eigenvalue weighted by atomic mass is 16.5. The normalized spacial score (nSPS) is 12.1. The van der Waals surface area contributed by atoms with Crippen LogP contribution in [0.3, 0.4) is 0 Å². The smallest absolute Gasteiger partial charge is 0.160 e. The summed E-state index contributed by atoms with van der Waals surface area (Å²) < 4.78 is 5.36. The summed E-state index contributed by atoms with van der Waals surface area (Å²) in [6.07, 6.45) is 1.07. The van der Waals surface area contributed by atoms with Crippen molar-refractivity contribution in [3.8, 4) is 5.75 Å². The van der Waals surface area contributed by atoms with E-state index in [2.05, 4.69) is 0 Å². The van der Waals surface area contributed by atoms with Crippen molar-refractivity contribution in [1.29, 1.82) is 0 Å². The van der Waals surface area contributed by atoms with Crippen molar-refractivity contribution in [2.45, 2.75) is 26.1 Å². The molecule has 0 saturated heterocycles. The molecule has 1 aromatic carbocycles. The summed E-state index contributed by atoms with van der Waals surface area (Å²) in [5, 5.41) is 8.81. The standard InChI is InChI=1S/C11H14O3/c1-2-10(8-13)14-11-5-3-9(7-12)4-6-11/h3-6,8,10,12H,2,7H2,1H3. The van der Waals surface area contributed by atoms with Gasteiger partial charge in [-0.2, -0.15) is 0 Å². The van der Waals surface area contributed by atoms with Crippen LogP contribution in [0.15, 0.2) is 24.3 Å². The molecule has 0 spiro atoms. The lowest BCUT2D eigenvalue weighted by molar-refractivity contribution is -0.113. The van der Waals surface area contributed by atoms with Crippen LogP contribution in [0, 0.1) is 0 Å². The van der Waals surface area contributed by atoms with E-state index in [0.717, 1.165) is 11.8 Å². The number of hydrogen-bond donors (Lipinski definition) is 1. The van der Waals surface area contributed by atoms with E-state index in [1.807, 2.05) is 6.92 Å². The fourth-order valence-electron chi connectivity index (χ4n) is 1.06. The number of ether oxygens (including phenoxy) is 1. The fourth-order valence-corrected chi connectivity index (χ4v) is 1.06. The van der Waals surface area contributed by atoms with Crippen LogP contribution in [-0.2, 0) is 11.4 Å². The minimum atomic E-state index is -0.380. The first-order valence-corrected chi connectivity index (χ1v) is 4.62. The van der Waals surface area contributed by atoms with E-state index in [0.29, 0.717) is 12.2 Å². The van der Waals surface area contributed by atoms with Gasteiger partial charge in [-0.1, -0.05) is 19.1 Å². The molecule has 1 aromatic rings. The number of benzene rings is 1. The Labute approximate surface area is 83.3 Å². The van der Waals surface area contributed by atoms with Gasteiger partial charge in [-0.15, -0.1) is 0 Å². The van der Waals surface area contributed by atoms with Crippen molar-refractivity contribution in [1.82, 2.24) is 0 Å². The molecule has 76 valence electrons. The molecule has 0 bridgehead atoms. The van der Waals surface area contributed by atoms with Crippen LogP contribution < -0.4 is 4.74 Å². The van der Waals surface area contributed by atoms with Crippen LogP contribution in [-0.4, -0.2) is 17.5 Å². The van der Waals surface area contributed by atoms with Gasteiger partial charge in [-0.3, -0.25) is 4.79 Å². The van der Waals surface area contributed by atoms with E-state index in [1.54, 1.807) is 24.3 Å². The molecule has 0 heterocycles. The first-order valence-electron chi connectivity index (χ1n) is 4.62. The van der Waals surface area contributed by atoms with Crippen molar-refractivity contribution >= 4 is 6.29 Å². The Morgan fingerprint density at radius 1 is 1.43 bits per heavy atom. The average Bonchev–Trinajstić information content (AvgIpc) is 2.26. The zero-order valence-electron chi connectivity index (χ0n) is 8.14. The van der Waals surface area contributed by atoms with Crippen molar-refractivity contribution in [2.24, 2.45) is 0 Å². The lowest BCUT2D eigenvalue weighted by Gasteiger charge is -2.11. The monoisotopic (exact) mass is 194 g/mol. The first-order chi connectivity index (χ1) is 6.80. The summed E-state index contributed by atoms with van der Waals surface area (Å²) in [5.74, 6) is 0.654. The summed E-state index contributed by atoms with van der Waals surface area (Å²) in [6, 6.07) is 7.04. The second-order valence-corrected chi connectivity index (χ2v) is 3.00. The van der Waals surface area contributed by atoms with Gasteiger partial charge >= 0.3 is 0 Å². The molecule has 0 aromatic heterocycles. The predicted octanol–water partition coefficient (Wildman–Crippen LogP) is 1.54. The van der Waals surface area contributed by atoms with Gasteiger partial charge in [0.1, 0.15) is 5.75 Å². The molecular weight excluding hydrogens is 180 g/mol. The Morgan fingerprint density at radius 3 is 2.50 bits per heavy atom. The highest BCUT2D eigenvalue weighted by Gasteiger charge is 2.05. The van der Waals surface area contributed by atoms with E-state index in [4.69, 9.17) is 9.84 Å². The molecule has 1 rings (SSSR count). The predicted molar refractivity (Wildman–Crippen MR) is 53.1 cm³/mol. The molecular formula is C11H14O3. The summed E-state index contributed by atoms with van der Waals surface area (Å²) >= 11 is 0. The summed E-state index contributed by atoms with van der Waals surface area (Å²) in [5.41, 5.74) is 0.830. The molecule has 1 atom stereocenters. The zero-order chi connectivity index (χ0) is 10.4. The molecule has 0 amide bonds.